The maximum atomic E-state index is 9.14. The second kappa shape index (κ2) is 4.87. The van der Waals surface area contributed by atoms with Crippen molar-refractivity contribution in [2.75, 3.05) is 49.3 Å². The van der Waals surface area contributed by atoms with Crippen molar-refractivity contribution in [1.29, 1.82) is 0 Å². The van der Waals surface area contributed by atoms with Gasteiger partial charge in [0.1, 0.15) is 0 Å². The van der Waals surface area contributed by atoms with E-state index in [4.69, 9.17) is 21.4 Å². The van der Waals surface area contributed by atoms with E-state index < -0.39 is 0 Å². The molecule has 1 aromatic heterocycles. The molecule has 1 N–H and O–H groups in total. The number of hydrogen-bond acceptors (Lipinski definition) is 6. The van der Waals surface area contributed by atoms with Crippen molar-refractivity contribution >= 4 is 23.1 Å². The van der Waals surface area contributed by atoms with E-state index in [2.05, 4.69) is 19.8 Å². The second-order valence-corrected chi connectivity index (χ2v) is 4.78. The normalized spacial score (nSPS) is 22.7. The molecule has 0 amide bonds. The van der Waals surface area contributed by atoms with Crippen LogP contribution in [0.5, 0.6) is 0 Å². The van der Waals surface area contributed by atoms with Gasteiger partial charge in [0.15, 0.2) is 5.82 Å². The van der Waals surface area contributed by atoms with Crippen molar-refractivity contribution in [2.24, 2.45) is 0 Å². The van der Waals surface area contributed by atoms with Crippen LogP contribution in [-0.2, 0) is 4.74 Å². The topological polar surface area (TPSA) is 61.7 Å². The van der Waals surface area contributed by atoms with Gasteiger partial charge in [0, 0.05) is 19.6 Å². The SMILES string of the molecule is OCCN1C[C@@H]2COCCN2c2nc(Cl)ncc21. The first-order chi connectivity index (χ1) is 8.79. The quantitative estimate of drug-likeness (QED) is 0.772. The third-order valence-electron chi connectivity index (χ3n) is 3.36. The lowest BCUT2D eigenvalue weighted by Crippen LogP contribution is -2.56. The van der Waals surface area contributed by atoms with Crippen molar-refractivity contribution in [3.05, 3.63) is 11.5 Å². The molecule has 0 aromatic carbocycles. The van der Waals surface area contributed by atoms with Crippen LogP contribution < -0.4 is 9.80 Å². The number of aliphatic hydroxyl groups is 1. The first kappa shape index (κ1) is 12.0. The highest BCUT2D eigenvalue weighted by atomic mass is 35.5. The molecule has 1 aromatic rings. The second-order valence-electron chi connectivity index (χ2n) is 4.44. The van der Waals surface area contributed by atoms with E-state index in [-0.39, 0.29) is 17.9 Å². The van der Waals surface area contributed by atoms with Gasteiger partial charge >= 0.3 is 0 Å². The van der Waals surface area contributed by atoms with Crippen LogP contribution in [0.4, 0.5) is 11.5 Å². The molecule has 3 rings (SSSR count). The first-order valence-electron chi connectivity index (χ1n) is 6.02. The summed E-state index contributed by atoms with van der Waals surface area (Å²) in [5, 5.41) is 9.40. The Balaban J connectivity index is 2.00. The smallest absolute Gasteiger partial charge is 0.224 e. The number of aliphatic hydroxyl groups excluding tert-OH is 1. The molecular weight excluding hydrogens is 256 g/mol. The van der Waals surface area contributed by atoms with E-state index in [1.165, 1.54) is 0 Å². The van der Waals surface area contributed by atoms with Gasteiger partial charge in [-0.1, -0.05) is 0 Å². The average molecular weight is 271 g/mol. The Morgan fingerprint density at radius 1 is 1.56 bits per heavy atom. The summed E-state index contributed by atoms with van der Waals surface area (Å²) in [5.41, 5.74) is 0.937. The molecule has 0 saturated carbocycles. The third kappa shape index (κ3) is 2.00. The maximum absolute atomic E-state index is 9.14. The molecule has 6 nitrogen and oxygen atoms in total. The van der Waals surface area contributed by atoms with Crippen molar-refractivity contribution in [2.45, 2.75) is 6.04 Å². The summed E-state index contributed by atoms with van der Waals surface area (Å²) < 4.78 is 5.50. The summed E-state index contributed by atoms with van der Waals surface area (Å²) in [6.07, 6.45) is 1.73. The molecule has 2 aliphatic heterocycles. The molecule has 7 heteroatoms. The molecule has 0 aliphatic carbocycles. The Labute approximate surface area is 110 Å². The highest BCUT2D eigenvalue weighted by Crippen LogP contribution is 2.34. The number of morpholine rings is 1. The minimum Gasteiger partial charge on any atom is -0.395 e. The van der Waals surface area contributed by atoms with E-state index in [0.717, 1.165) is 24.6 Å². The predicted molar refractivity (Wildman–Crippen MR) is 68.3 cm³/mol. The van der Waals surface area contributed by atoms with E-state index >= 15 is 0 Å². The molecule has 1 atom stereocenters. The van der Waals surface area contributed by atoms with Gasteiger partial charge < -0.3 is 19.6 Å². The molecule has 2 aliphatic rings. The fourth-order valence-electron chi connectivity index (χ4n) is 2.55. The van der Waals surface area contributed by atoms with Crippen molar-refractivity contribution < 1.29 is 9.84 Å². The lowest BCUT2D eigenvalue weighted by Gasteiger charge is -2.45. The molecule has 98 valence electrons. The van der Waals surface area contributed by atoms with E-state index in [9.17, 15) is 0 Å². The minimum absolute atomic E-state index is 0.107. The standard InChI is InChI=1S/C11H15ClN4O2/c12-11-13-5-9-10(14-11)16-2-4-18-7-8(16)6-15(9)1-3-17/h5,8,17H,1-4,6-7H2/t8-/m1/s1. The summed E-state index contributed by atoms with van der Waals surface area (Å²) in [6.45, 7) is 3.70. The van der Waals surface area contributed by atoms with Gasteiger partial charge in [-0.3, -0.25) is 0 Å². The molecular formula is C11H15ClN4O2. The van der Waals surface area contributed by atoms with Crippen molar-refractivity contribution in [3.8, 4) is 0 Å². The zero-order chi connectivity index (χ0) is 12.5. The number of ether oxygens (including phenoxy) is 1. The number of anilines is 2. The Morgan fingerprint density at radius 2 is 2.44 bits per heavy atom. The molecule has 1 fully saturated rings. The molecule has 0 radical (unpaired) electrons. The lowest BCUT2D eigenvalue weighted by molar-refractivity contribution is 0.0933. The average Bonchev–Trinajstić information content (AvgIpc) is 2.39. The van der Waals surface area contributed by atoms with Crippen LogP contribution in [0.25, 0.3) is 0 Å². The van der Waals surface area contributed by atoms with E-state index in [0.29, 0.717) is 19.8 Å². The van der Waals surface area contributed by atoms with Gasteiger partial charge in [0.25, 0.3) is 0 Å². The van der Waals surface area contributed by atoms with E-state index in [1.54, 1.807) is 6.20 Å². The molecule has 0 unspecified atom stereocenters. The van der Waals surface area contributed by atoms with Crippen LogP contribution in [0.1, 0.15) is 0 Å². The molecule has 0 bridgehead atoms. The number of fused-ring (bicyclic) bond motifs is 3. The summed E-state index contributed by atoms with van der Waals surface area (Å²) >= 11 is 5.88. The number of halogens is 1. The van der Waals surface area contributed by atoms with E-state index in [1.807, 2.05) is 0 Å². The van der Waals surface area contributed by atoms with Gasteiger partial charge in [0.05, 0.1) is 37.7 Å². The highest BCUT2D eigenvalue weighted by Gasteiger charge is 2.34. The summed E-state index contributed by atoms with van der Waals surface area (Å²) in [5.74, 6) is 0.850. The Morgan fingerprint density at radius 3 is 3.28 bits per heavy atom. The van der Waals surface area contributed by atoms with Crippen LogP contribution in [0.15, 0.2) is 6.20 Å². The molecule has 1 saturated heterocycles. The van der Waals surface area contributed by atoms with Gasteiger partial charge in [-0.25, -0.2) is 4.98 Å². The van der Waals surface area contributed by atoms with Gasteiger partial charge in [-0.15, -0.1) is 0 Å². The Kier molecular flexibility index (Phi) is 3.23. The monoisotopic (exact) mass is 270 g/mol. The highest BCUT2D eigenvalue weighted by molar-refractivity contribution is 6.28. The number of β-amino-alcohol motifs (C(OH)–C–C–N with tert-alkyl or cyclic N) is 1. The minimum atomic E-state index is 0.107. The van der Waals surface area contributed by atoms with Gasteiger partial charge in [0.2, 0.25) is 5.28 Å². The first-order valence-corrected chi connectivity index (χ1v) is 6.40. The largest absolute Gasteiger partial charge is 0.395 e. The van der Waals surface area contributed by atoms with Crippen LogP contribution in [0.3, 0.4) is 0 Å². The van der Waals surface area contributed by atoms with Crippen LogP contribution >= 0.6 is 11.6 Å². The number of aromatic nitrogens is 2. The van der Waals surface area contributed by atoms with Gasteiger partial charge in [-0.05, 0) is 11.6 Å². The van der Waals surface area contributed by atoms with Crippen LogP contribution in [0, 0.1) is 0 Å². The van der Waals surface area contributed by atoms with Crippen LogP contribution in [-0.4, -0.2) is 60.6 Å². The molecule has 3 heterocycles. The third-order valence-corrected chi connectivity index (χ3v) is 3.54. The lowest BCUT2D eigenvalue weighted by atomic mass is 10.1. The van der Waals surface area contributed by atoms with Gasteiger partial charge in [-0.2, -0.15) is 4.98 Å². The van der Waals surface area contributed by atoms with Crippen LogP contribution in [0.2, 0.25) is 5.28 Å². The zero-order valence-electron chi connectivity index (χ0n) is 9.92. The summed E-state index contributed by atoms with van der Waals surface area (Å²) in [7, 11) is 0. The summed E-state index contributed by atoms with van der Waals surface area (Å²) in [6, 6.07) is 0.267. The number of nitrogens with zero attached hydrogens (tertiary/aromatic N) is 4. The summed E-state index contributed by atoms with van der Waals surface area (Å²) in [4.78, 5) is 12.7. The predicted octanol–water partition coefficient (Wildman–Crippen LogP) is 0.147. The fraction of sp³-hybridized carbons (Fsp3) is 0.636. The number of rotatable bonds is 2. The molecule has 18 heavy (non-hydrogen) atoms. The van der Waals surface area contributed by atoms with Crippen molar-refractivity contribution in [3.63, 3.8) is 0 Å². The molecule has 0 spiro atoms. The Hall–Kier alpha value is -1.11. The zero-order valence-corrected chi connectivity index (χ0v) is 10.7. The maximum Gasteiger partial charge on any atom is 0.224 e. The van der Waals surface area contributed by atoms with Crippen molar-refractivity contribution in [1.82, 2.24) is 9.97 Å². The number of hydrogen-bond donors (Lipinski definition) is 1. The fourth-order valence-corrected chi connectivity index (χ4v) is 2.68. The Bertz CT molecular complexity index is 445.